The Morgan fingerprint density at radius 1 is 1.05 bits per heavy atom. The second kappa shape index (κ2) is 6.13. The Morgan fingerprint density at radius 3 is 2.41 bits per heavy atom. The van der Waals surface area contributed by atoms with Crippen LogP contribution in [-0.2, 0) is 0 Å². The van der Waals surface area contributed by atoms with Crippen molar-refractivity contribution in [3.8, 4) is 0 Å². The first-order valence-electron chi connectivity index (χ1n) is 7.58. The Bertz CT molecular complexity index is 673. The summed E-state index contributed by atoms with van der Waals surface area (Å²) >= 11 is 0. The van der Waals surface area contributed by atoms with Gasteiger partial charge in [-0.2, -0.15) is 0 Å². The van der Waals surface area contributed by atoms with Crippen molar-refractivity contribution in [3.05, 3.63) is 47.4 Å². The molecule has 2 aromatic rings. The molecule has 3 rings (SSSR count). The molecule has 1 N–H and O–H groups in total. The van der Waals surface area contributed by atoms with E-state index < -0.39 is 0 Å². The van der Waals surface area contributed by atoms with Crippen LogP contribution < -0.4 is 5.32 Å². The molecule has 0 unspecified atom stereocenters. The van der Waals surface area contributed by atoms with E-state index in [1.165, 1.54) is 17.5 Å². The van der Waals surface area contributed by atoms with E-state index in [-0.39, 0.29) is 5.91 Å². The van der Waals surface area contributed by atoms with Crippen molar-refractivity contribution >= 4 is 17.4 Å². The molecule has 114 valence electrons. The van der Waals surface area contributed by atoms with Gasteiger partial charge in [0.1, 0.15) is 17.8 Å². The van der Waals surface area contributed by atoms with Gasteiger partial charge < -0.3 is 10.2 Å². The maximum atomic E-state index is 12.4. The molecule has 0 spiro atoms. The van der Waals surface area contributed by atoms with Crippen molar-refractivity contribution in [2.24, 2.45) is 0 Å². The average Bonchev–Trinajstić information content (AvgIpc) is 3.00. The van der Waals surface area contributed by atoms with Gasteiger partial charge in [-0.25, -0.2) is 9.97 Å². The fourth-order valence-electron chi connectivity index (χ4n) is 2.82. The Labute approximate surface area is 130 Å². The van der Waals surface area contributed by atoms with Gasteiger partial charge in [-0.05, 0) is 49.9 Å². The lowest BCUT2D eigenvalue weighted by molar-refractivity contribution is 0.0787. The summed E-state index contributed by atoms with van der Waals surface area (Å²) in [5, 5.41) is 3.25. The number of amides is 1. The molecule has 1 amide bonds. The van der Waals surface area contributed by atoms with Crippen LogP contribution in [0.3, 0.4) is 0 Å². The number of rotatable bonds is 3. The lowest BCUT2D eigenvalue weighted by atomic mass is 10.1. The number of carbonyl (C=O) groups excluding carboxylic acids is 1. The molecule has 5 heteroatoms. The van der Waals surface area contributed by atoms with E-state index in [4.69, 9.17) is 0 Å². The molecule has 0 bridgehead atoms. The van der Waals surface area contributed by atoms with Crippen molar-refractivity contribution in [3.63, 3.8) is 0 Å². The fraction of sp³-hybridized carbons (Fsp3) is 0.353. The van der Waals surface area contributed by atoms with Crippen molar-refractivity contribution in [1.82, 2.24) is 14.9 Å². The molecule has 0 saturated carbocycles. The fourth-order valence-corrected chi connectivity index (χ4v) is 2.82. The number of carbonyl (C=O) groups is 1. The van der Waals surface area contributed by atoms with Crippen LogP contribution in [0, 0.1) is 13.8 Å². The van der Waals surface area contributed by atoms with E-state index in [0.29, 0.717) is 11.5 Å². The molecule has 0 atom stereocenters. The van der Waals surface area contributed by atoms with Gasteiger partial charge in [-0.3, -0.25) is 4.79 Å². The molecule has 22 heavy (non-hydrogen) atoms. The van der Waals surface area contributed by atoms with Crippen molar-refractivity contribution in [1.29, 1.82) is 0 Å². The van der Waals surface area contributed by atoms with E-state index in [2.05, 4.69) is 47.3 Å². The zero-order valence-corrected chi connectivity index (χ0v) is 13.0. The van der Waals surface area contributed by atoms with Crippen LogP contribution in [0.2, 0.25) is 0 Å². The van der Waals surface area contributed by atoms with Crippen LogP contribution in [0.25, 0.3) is 0 Å². The summed E-state index contributed by atoms with van der Waals surface area (Å²) in [5.74, 6) is 0.630. The molecule has 0 aliphatic carbocycles. The lowest BCUT2D eigenvalue weighted by Gasteiger charge is -2.15. The highest BCUT2D eigenvalue weighted by molar-refractivity contribution is 5.93. The van der Waals surface area contributed by atoms with E-state index in [9.17, 15) is 4.79 Å². The summed E-state index contributed by atoms with van der Waals surface area (Å²) in [4.78, 5) is 22.5. The van der Waals surface area contributed by atoms with Gasteiger partial charge in [0.05, 0.1) is 0 Å². The smallest absolute Gasteiger partial charge is 0.272 e. The van der Waals surface area contributed by atoms with E-state index in [1.54, 1.807) is 6.07 Å². The van der Waals surface area contributed by atoms with Gasteiger partial charge in [-0.1, -0.05) is 6.07 Å². The average molecular weight is 296 g/mol. The quantitative estimate of drug-likeness (QED) is 0.945. The largest absolute Gasteiger partial charge is 0.340 e. The standard InChI is InChI=1S/C17H20N4O/c1-12-7-13(2)9-14(8-12)20-16-10-15(18-11-19-16)17(22)21-5-3-4-6-21/h7-11H,3-6H2,1-2H3,(H,18,19,20). The summed E-state index contributed by atoms with van der Waals surface area (Å²) in [7, 11) is 0. The van der Waals surface area contributed by atoms with Crippen LogP contribution in [0.4, 0.5) is 11.5 Å². The first kappa shape index (κ1) is 14.5. The molecule has 2 heterocycles. The van der Waals surface area contributed by atoms with E-state index in [1.807, 2.05) is 4.90 Å². The predicted octanol–water partition coefficient (Wildman–Crippen LogP) is 3.07. The Hall–Kier alpha value is -2.43. The van der Waals surface area contributed by atoms with Crippen LogP contribution >= 0.6 is 0 Å². The van der Waals surface area contributed by atoms with E-state index >= 15 is 0 Å². The third-order valence-electron chi connectivity index (χ3n) is 3.77. The summed E-state index contributed by atoms with van der Waals surface area (Å²) < 4.78 is 0. The third kappa shape index (κ3) is 3.24. The summed E-state index contributed by atoms with van der Waals surface area (Å²) in [5.41, 5.74) is 3.79. The number of likely N-dealkylation sites (tertiary alicyclic amines) is 1. The molecular weight excluding hydrogens is 276 g/mol. The minimum absolute atomic E-state index is 0.0108. The van der Waals surface area contributed by atoms with Crippen molar-refractivity contribution in [2.75, 3.05) is 18.4 Å². The van der Waals surface area contributed by atoms with Crippen LogP contribution in [-0.4, -0.2) is 33.9 Å². The Morgan fingerprint density at radius 2 is 1.73 bits per heavy atom. The minimum Gasteiger partial charge on any atom is -0.340 e. The summed E-state index contributed by atoms with van der Waals surface area (Å²) in [6.45, 7) is 5.76. The van der Waals surface area contributed by atoms with Crippen LogP contribution in [0.1, 0.15) is 34.5 Å². The molecule has 1 aromatic heterocycles. The molecular formula is C17H20N4O. The Balaban J connectivity index is 1.80. The number of aryl methyl sites for hydroxylation is 2. The molecule has 5 nitrogen and oxygen atoms in total. The SMILES string of the molecule is Cc1cc(C)cc(Nc2cc(C(=O)N3CCCC3)ncn2)c1. The second-order valence-corrected chi connectivity index (χ2v) is 5.79. The van der Waals surface area contributed by atoms with Gasteiger partial charge in [-0.15, -0.1) is 0 Å². The number of nitrogens with zero attached hydrogens (tertiary/aromatic N) is 3. The molecule has 1 aliphatic heterocycles. The summed E-state index contributed by atoms with van der Waals surface area (Å²) in [6.07, 6.45) is 3.59. The first-order chi connectivity index (χ1) is 10.6. The minimum atomic E-state index is -0.0108. The van der Waals surface area contributed by atoms with Gasteiger partial charge >= 0.3 is 0 Å². The Kier molecular flexibility index (Phi) is 4.04. The monoisotopic (exact) mass is 296 g/mol. The van der Waals surface area contributed by atoms with Gasteiger partial charge in [0.2, 0.25) is 0 Å². The highest BCUT2D eigenvalue weighted by Crippen LogP contribution is 2.19. The van der Waals surface area contributed by atoms with Gasteiger partial charge in [0.25, 0.3) is 5.91 Å². The predicted molar refractivity (Wildman–Crippen MR) is 86.4 cm³/mol. The molecule has 1 aliphatic rings. The molecule has 1 aromatic carbocycles. The van der Waals surface area contributed by atoms with Crippen molar-refractivity contribution in [2.45, 2.75) is 26.7 Å². The number of hydrogen-bond acceptors (Lipinski definition) is 4. The highest BCUT2D eigenvalue weighted by Gasteiger charge is 2.20. The first-order valence-corrected chi connectivity index (χ1v) is 7.58. The zero-order valence-electron chi connectivity index (χ0n) is 13.0. The summed E-state index contributed by atoms with van der Waals surface area (Å²) in [6, 6.07) is 7.94. The van der Waals surface area contributed by atoms with Crippen LogP contribution in [0.5, 0.6) is 0 Å². The molecule has 0 radical (unpaired) electrons. The number of anilines is 2. The molecule has 1 saturated heterocycles. The maximum Gasteiger partial charge on any atom is 0.272 e. The number of benzene rings is 1. The van der Waals surface area contributed by atoms with E-state index in [0.717, 1.165) is 31.6 Å². The van der Waals surface area contributed by atoms with Gasteiger partial charge in [0, 0.05) is 24.8 Å². The van der Waals surface area contributed by atoms with Gasteiger partial charge in [0.15, 0.2) is 0 Å². The maximum absolute atomic E-state index is 12.4. The lowest BCUT2D eigenvalue weighted by Crippen LogP contribution is -2.28. The number of hydrogen-bond donors (Lipinski definition) is 1. The van der Waals surface area contributed by atoms with Crippen LogP contribution in [0.15, 0.2) is 30.6 Å². The number of nitrogens with one attached hydrogen (secondary N) is 1. The highest BCUT2D eigenvalue weighted by atomic mass is 16.2. The molecule has 1 fully saturated rings. The second-order valence-electron chi connectivity index (χ2n) is 5.79. The zero-order chi connectivity index (χ0) is 15.5. The van der Waals surface area contributed by atoms with Crippen molar-refractivity contribution < 1.29 is 4.79 Å². The topological polar surface area (TPSA) is 58.1 Å². The normalized spacial score (nSPS) is 14.2. The number of aromatic nitrogens is 2. The third-order valence-corrected chi connectivity index (χ3v) is 3.77.